The standard InChI is InChI=1S/C22H32N4.HI/c1-18(13-14-19-9-6-5-7-10-19)25-22(23-2)24-16-20-11-8-12-21(15-20)17-26(3)4;/h5-12,15,18H,13-14,16-17H2,1-4H3,(H2,23,24,25);1H. The third-order valence-corrected chi connectivity index (χ3v) is 4.27. The maximum atomic E-state index is 4.36. The molecule has 0 aromatic heterocycles. The van der Waals surface area contributed by atoms with Gasteiger partial charge in [-0.3, -0.25) is 4.99 Å². The van der Waals surface area contributed by atoms with Gasteiger partial charge in [-0.15, -0.1) is 24.0 Å². The zero-order chi connectivity index (χ0) is 18.8. The predicted molar refractivity (Wildman–Crippen MR) is 127 cm³/mol. The van der Waals surface area contributed by atoms with Gasteiger partial charge in [-0.1, -0.05) is 54.6 Å². The van der Waals surface area contributed by atoms with E-state index in [1.165, 1.54) is 16.7 Å². The van der Waals surface area contributed by atoms with Gasteiger partial charge in [-0.25, -0.2) is 0 Å². The molecule has 0 aliphatic heterocycles. The van der Waals surface area contributed by atoms with Crippen molar-refractivity contribution in [2.75, 3.05) is 21.1 Å². The topological polar surface area (TPSA) is 39.7 Å². The first-order valence-electron chi connectivity index (χ1n) is 9.30. The van der Waals surface area contributed by atoms with Crippen LogP contribution in [-0.4, -0.2) is 38.0 Å². The Bertz CT molecular complexity index is 686. The lowest BCUT2D eigenvalue weighted by Crippen LogP contribution is -2.42. The first-order chi connectivity index (χ1) is 12.6. The Morgan fingerprint density at radius 1 is 1.00 bits per heavy atom. The number of halogens is 1. The molecule has 2 aromatic rings. The number of hydrogen-bond donors (Lipinski definition) is 2. The minimum Gasteiger partial charge on any atom is -0.354 e. The van der Waals surface area contributed by atoms with Crippen LogP contribution < -0.4 is 10.6 Å². The molecule has 0 fully saturated rings. The minimum absolute atomic E-state index is 0. The molecule has 0 saturated carbocycles. The van der Waals surface area contributed by atoms with E-state index in [4.69, 9.17) is 0 Å². The van der Waals surface area contributed by atoms with E-state index in [0.717, 1.165) is 31.9 Å². The van der Waals surface area contributed by atoms with Crippen LogP contribution in [0.2, 0.25) is 0 Å². The van der Waals surface area contributed by atoms with Crippen molar-refractivity contribution in [2.45, 2.75) is 38.9 Å². The van der Waals surface area contributed by atoms with Gasteiger partial charge < -0.3 is 15.5 Å². The Labute approximate surface area is 181 Å². The molecule has 2 aromatic carbocycles. The molecule has 0 radical (unpaired) electrons. The lowest BCUT2D eigenvalue weighted by Gasteiger charge is -2.18. The Morgan fingerprint density at radius 2 is 1.67 bits per heavy atom. The summed E-state index contributed by atoms with van der Waals surface area (Å²) in [7, 11) is 6.00. The summed E-state index contributed by atoms with van der Waals surface area (Å²) >= 11 is 0. The van der Waals surface area contributed by atoms with E-state index in [-0.39, 0.29) is 24.0 Å². The maximum absolute atomic E-state index is 4.36. The van der Waals surface area contributed by atoms with Crippen molar-refractivity contribution in [1.29, 1.82) is 0 Å². The van der Waals surface area contributed by atoms with Gasteiger partial charge in [0.05, 0.1) is 0 Å². The number of aliphatic imine (C=N–C) groups is 1. The van der Waals surface area contributed by atoms with Crippen LogP contribution in [0.5, 0.6) is 0 Å². The molecule has 1 atom stereocenters. The molecule has 0 bridgehead atoms. The molecule has 5 heteroatoms. The quantitative estimate of drug-likeness (QED) is 0.340. The number of nitrogens with zero attached hydrogens (tertiary/aromatic N) is 2. The molecule has 4 nitrogen and oxygen atoms in total. The van der Waals surface area contributed by atoms with E-state index < -0.39 is 0 Å². The van der Waals surface area contributed by atoms with Crippen molar-refractivity contribution in [2.24, 2.45) is 4.99 Å². The van der Waals surface area contributed by atoms with Crippen LogP contribution in [0.3, 0.4) is 0 Å². The molecule has 0 heterocycles. The number of rotatable bonds is 8. The van der Waals surface area contributed by atoms with E-state index in [0.29, 0.717) is 6.04 Å². The first kappa shape index (κ1) is 23.4. The fraction of sp³-hybridized carbons (Fsp3) is 0.409. The van der Waals surface area contributed by atoms with Crippen LogP contribution in [0.25, 0.3) is 0 Å². The van der Waals surface area contributed by atoms with Crippen molar-refractivity contribution >= 4 is 29.9 Å². The summed E-state index contributed by atoms with van der Waals surface area (Å²) < 4.78 is 0. The molecular formula is C22H33IN4. The largest absolute Gasteiger partial charge is 0.354 e. The number of hydrogen-bond acceptors (Lipinski definition) is 2. The zero-order valence-electron chi connectivity index (χ0n) is 16.9. The van der Waals surface area contributed by atoms with E-state index in [2.05, 4.69) is 96.1 Å². The first-order valence-corrected chi connectivity index (χ1v) is 9.30. The summed E-state index contributed by atoms with van der Waals surface area (Å²) in [4.78, 5) is 6.54. The van der Waals surface area contributed by atoms with Crippen LogP contribution >= 0.6 is 24.0 Å². The Hall–Kier alpha value is -1.60. The van der Waals surface area contributed by atoms with Gasteiger partial charge in [-0.2, -0.15) is 0 Å². The highest BCUT2D eigenvalue weighted by molar-refractivity contribution is 14.0. The highest BCUT2D eigenvalue weighted by Crippen LogP contribution is 2.07. The Balaban J connectivity index is 0.00000364. The number of guanidine groups is 1. The van der Waals surface area contributed by atoms with Crippen molar-refractivity contribution in [3.63, 3.8) is 0 Å². The molecule has 0 saturated heterocycles. The molecule has 0 spiro atoms. The molecule has 2 N–H and O–H groups in total. The number of nitrogens with one attached hydrogen (secondary N) is 2. The van der Waals surface area contributed by atoms with Gasteiger partial charge in [0.25, 0.3) is 0 Å². The fourth-order valence-electron chi connectivity index (χ4n) is 2.92. The van der Waals surface area contributed by atoms with Gasteiger partial charge in [0.1, 0.15) is 0 Å². The molecule has 0 amide bonds. The highest BCUT2D eigenvalue weighted by Gasteiger charge is 2.06. The molecule has 0 aliphatic rings. The predicted octanol–water partition coefficient (Wildman–Crippen LogP) is 4.05. The normalized spacial score (nSPS) is 12.4. The van der Waals surface area contributed by atoms with Gasteiger partial charge in [0.2, 0.25) is 0 Å². The van der Waals surface area contributed by atoms with Crippen molar-refractivity contribution in [3.05, 3.63) is 71.3 Å². The summed E-state index contributed by atoms with van der Waals surface area (Å²) in [5.41, 5.74) is 3.97. The second-order valence-corrected chi connectivity index (χ2v) is 7.05. The van der Waals surface area contributed by atoms with E-state index >= 15 is 0 Å². The van der Waals surface area contributed by atoms with E-state index in [1.807, 2.05) is 7.05 Å². The van der Waals surface area contributed by atoms with Gasteiger partial charge in [0, 0.05) is 26.2 Å². The van der Waals surface area contributed by atoms with Crippen molar-refractivity contribution in [3.8, 4) is 0 Å². The Morgan fingerprint density at radius 3 is 2.33 bits per heavy atom. The van der Waals surface area contributed by atoms with Crippen LogP contribution in [0.4, 0.5) is 0 Å². The van der Waals surface area contributed by atoms with Gasteiger partial charge in [0.15, 0.2) is 5.96 Å². The van der Waals surface area contributed by atoms with Crippen molar-refractivity contribution in [1.82, 2.24) is 15.5 Å². The lowest BCUT2D eigenvalue weighted by atomic mass is 10.1. The third kappa shape index (κ3) is 9.24. The SMILES string of the molecule is CN=C(NCc1cccc(CN(C)C)c1)NC(C)CCc1ccccc1.I. The molecule has 148 valence electrons. The smallest absolute Gasteiger partial charge is 0.191 e. The molecule has 1 unspecified atom stereocenters. The fourth-order valence-corrected chi connectivity index (χ4v) is 2.92. The third-order valence-electron chi connectivity index (χ3n) is 4.27. The lowest BCUT2D eigenvalue weighted by molar-refractivity contribution is 0.402. The van der Waals surface area contributed by atoms with Crippen LogP contribution in [0, 0.1) is 0 Å². The second kappa shape index (κ2) is 12.7. The van der Waals surface area contributed by atoms with Crippen molar-refractivity contribution < 1.29 is 0 Å². The summed E-state index contributed by atoms with van der Waals surface area (Å²) in [6.45, 7) is 3.93. The summed E-state index contributed by atoms with van der Waals surface area (Å²) in [5, 5.41) is 6.91. The minimum atomic E-state index is 0. The van der Waals surface area contributed by atoms with Gasteiger partial charge in [-0.05, 0) is 50.6 Å². The summed E-state index contributed by atoms with van der Waals surface area (Å²) in [6, 6.07) is 19.7. The van der Waals surface area contributed by atoms with E-state index in [1.54, 1.807) is 0 Å². The Kier molecular flexibility index (Phi) is 11.0. The molecular weight excluding hydrogens is 447 g/mol. The number of aryl methyl sites for hydroxylation is 1. The van der Waals surface area contributed by atoms with Gasteiger partial charge >= 0.3 is 0 Å². The summed E-state index contributed by atoms with van der Waals surface area (Å²) in [5.74, 6) is 0.851. The maximum Gasteiger partial charge on any atom is 0.191 e. The summed E-state index contributed by atoms with van der Waals surface area (Å²) in [6.07, 6.45) is 2.14. The zero-order valence-corrected chi connectivity index (χ0v) is 19.2. The molecule has 2 rings (SSSR count). The monoisotopic (exact) mass is 480 g/mol. The van der Waals surface area contributed by atoms with Crippen LogP contribution in [0.1, 0.15) is 30.0 Å². The van der Waals surface area contributed by atoms with Crippen LogP contribution in [0.15, 0.2) is 59.6 Å². The molecule has 0 aliphatic carbocycles. The second-order valence-electron chi connectivity index (χ2n) is 7.05. The average Bonchev–Trinajstić information content (AvgIpc) is 2.64. The number of benzene rings is 2. The molecule has 27 heavy (non-hydrogen) atoms. The van der Waals surface area contributed by atoms with E-state index in [9.17, 15) is 0 Å². The average molecular weight is 480 g/mol. The highest BCUT2D eigenvalue weighted by atomic mass is 127. The van der Waals surface area contributed by atoms with Crippen LogP contribution in [-0.2, 0) is 19.5 Å².